The number of hydrogen-bond acceptors (Lipinski definition) is 4. The molecule has 0 radical (unpaired) electrons. The van der Waals surface area contributed by atoms with Gasteiger partial charge in [0.15, 0.2) is 0 Å². The Morgan fingerprint density at radius 1 is 0.833 bits per heavy atom. The quantitative estimate of drug-likeness (QED) is 0.543. The van der Waals surface area contributed by atoms with Crippen LogP contribution in [0.25, 0.3) is 0 Å². The molecule has 3 heterocycles. The lowest BCUT2D eigenvalue weighted by molar-refractivity contribution is 0.0708. The van der Waals surface area contributed by atoms with Gasteiger partial charge in [-0.1, -0.05) is 0 Å². The highest BCUT2D eigenvalue weighted by atomic mass is 16.5. The maximum atomic E-state index is 13.0. The summed E-state index contributed by atoms with van der Waals surface area (Å²) in [4.78, 5) is 20.3. The van der Waals surface area contributed by atoms with Gasteiger partial charge in [-0.25, -0.2) is 0 Å². The minimum Gasteiger partial charge on any atom is -0.494 e. The highest BCUT2D eigenvalue weighted by molar-refractivity contribution is 5.94. The van der Waals surface area contributed by atoms with Gasteiger partial charge >= 0.3 is 0 Å². The van der Waals surface area contributed by atoms with E-state index in [2.05, 4.69) is 14.7 Å². The summed E-state index contributed by atoms with van der Waals surface area (Å²) in [7, 11) is 0. The summed E-state index contributed by atoms with van der Waals surface area (Å²) in [6, 6.07) is 8.19. The number of nitrogens with zero attached hydrogens (tertiary/aromatic N) is 3. The summed E-state index contributed by atoms with van der Waals surface area (Å²) >= 11 is 0. The summed E-state index contributed by atoms with van der Waals surface area (Å²) in [5.74, 6) is 1.06. The molecule has 4 rings (SSSR count). The van der Waals surface area contributed by atoms with Gasteiger partial charge in [0.1, 0.15) is 5.75 Å². The van der Waals surface area contributed by atoms with Crippen LogP contribution < -0.4 is 4.74 Å². The average molecular weight is 414 g/mol. The average Bonchev–Trinajstić information content (AvgIpc) is 3.54. The van der Waals surface area contributed by atoms with Gasteiger partial charge in [0, 0.05) is 24.7 Å². The van der Waals surface area contributed by atoms with Crippen LogP contribution in [-0.4, -0.2) is 79.1 Å². The van der Waals surface area contributed by atoms with Crippen LogP contribution in [0, 0.1) is 0 Å². The summed E-state index contributed by atoms with van der Waals surface area (Å²) in [6.45, 7) is 8.92. The molecule has 5 nitrogen and oxygen atoms in total. The van der Waals surface area contributed by atoms with Crippen LogP contribution in [0.5, 0.6) is 5.75 Å². The Balaban J connectivity index is 1.17. The fourth-order valence-electron chi connectivity index (χ4n) is 5.23. The van der Waals surface area contributed by atoms with Gasteiger partial charge in [0.05, 0.1) is 6.61 Å². The van der Waals surface area contributed by atoms with E-state index in [1.165, 1.54) is 71.2 Å². The summed E-state index contributed by atoms with van der Waals surface area (Å²) in [6.07, 6.45) is 11.2. The predicted molar refractivity (Wildman–Crippen MR) is 121 cm³/mol. The van der Waals surface area contributed by atoms with E-state index in [4.69, 9.17) is 4.74 Å². The summed E-state index contributed by atoms with van der Waals surface area (Å²) in [5.41, 5.74) is 0.793. The molecule has 1 atom stereocenters. The number of ether oxygens (including phenoxy) is 1. The Bertz CT molecular complexity index is 651. The standard InChI is InChI=1S/C25H39N3O2/c29-25(28-19-8-9-23(28)21-27-17-5-6-18-27)22-10-12-24(13-11-22)30-20-7-1-2-14-26-15-3-4-16-26/h10-13,23H,1-9,14-21H2/t23-/m0/s1. The molecule has 30 heavy (non-hydrogen) atoms. The Hall–Kier alpha value is -1.59. The topological polar surface area (TPSA) is 36.0 Å². The summed E-state index contributed by atoms with van der Waals surface area (Å²) in [5, 5.41) is 0. The van der Waals surface area contributed by atoms with Crippen molar-refractivity contribution >= 4 is 5.91 Å². The van der Waals surface area contributed by atoms with Crippen molar-refractivity contribution in [3.05, 3.63) is 29.8 Å². The molecule has 0 N–H and O–H groups in total. The predicted octanol–water partition coefficient (Wildman–Crippen LogP) is 4.03. The number of carbonyl (C=O) groups excluding carboxylic acids is 1. The minimum atomic E-state index is 0.185. The molecule has 1 aromatic rings. The number of unbranched alkanes of at least 4 members (excludes halogenated alkanes) is 2. The van der Waals surface area contributed by atoms with Crippen molar-refractivity contribution in [1.29, 1.82) is 0 Å². The van der Waals surface area contributed by atoms with Crippen molar-refractivity contribution in [2.45, 2.75) is 63.8 Å². The van der Waals surface area contributed by atoms with E-state index in [1.54, 1.807) is 0 Å². The van der Waals surface area contributed by atoms with Crippen LogP contribution in [0.4, 0.5) is 0 Å². The molecule has 3 aliphatic rings. The first-order valence-electron chi connectivity index (χ1n) is 12.3. The molecule has 3 aliphatic heterocycles. The van der Waals surface area contributed by atoms with Crippen LogP contribution in [0.1, 0.15) is 68.1 Å². The third-order valence-corrected chi connectivity index (χ3v) is 6.99. The van der Waals surface area contributed by atoms with Crippen molar-refractivity contribution < 1.29 is 9.53 Å². The zero-order valence-electron chi connectivity index (χ0n) is 18.6. The van der Waals surface area contributed by atoms with E-state index in [0.717, 1.165) is 50.3 Å². The zero-order chi connectivity index (χ0) is 20.6. The van der Waals surface area contributed by atoms with Gasteiger partial charge in [-0.05, 0) is 115 Å². The van der Waals surface area contributed by atoms with Crippen LogP contribution >= 0.6 is 0 Å². The highest BCUT2D eigenvalue weighted by Gasteiger charge is 2.31. The molecule has 0 aliphatic carbocycles. The van der Waals surface area contributed by atoms with Crippen molar-refractivity contribution in [2.24, 2.45) is 0 Å². The van der Waals surface area contributed by atoms with Crippen LogP contribution in [0.2, 0.25) is 0 Å². The maximum Gasteiger partial charge on any atom is 0.254 e. The molecule has 0 aromatic heterocycles. The molecule has 0 spiro atoms. The first-order valence-corrected chi connectivity index (χ1v) is 12.3. The fraction of sp³-hybridized carbons (Fsp3) is 0.720. The van der Waals surface area contributed by atoms with E-state index in [9.17, 15) is 4.79 Å². The second-order valence-corrected chi connectivity index (χ2v) is 9.28. The van der Waals surface area contributed by atoms with Crippen molar-refractivity contribution in [2.75, 3.05) is 52.4 Å². The maximum absolute atomic E-state index is 13.0. The number of likely N-dealkylation sites (tertiary alicyclic amines) is 3. The van der Waals surface area contributed by atoms with Crippen LogP contribution in [0.15, 0.2) is 24.3 Å². The lowest BCUT2D eigenvalue weighted by Gasteiger charge is -2.28. The van der Waals surface area contributed by atoms with Gasteiger partial charge in [-0.15, -0.1) is 0 Å². The Morgan fingerprint density at radius 2 is 1.53 bits per heavy atom. The summed E-state index contributed by atoms with van der Waals surface area (Å²) < 4.78 is 5.90. The molecule has 5 heteroatoms. The van der Waals surface area contributed by atoms with Crippen molar-refractivity contribution in [3.8, 4) is 5.75 Å². The van der Waals surface area contributed by atoms with Gasteiger partial charge in [-0.3, -0.25) is 4.79 Å². The van der Waals surface area contributed by atoms with E-state index in [-0.39, 0.29) is 5.91 Å². The van der Waals surface area contributed by atoms with Crippen LogP contribution in [0.3, 0.4) is 0 Å². The van der Waals surface area contributed by atoms with Crippen molar-refractivity contribution in [1.82, 2.24) is 14.7 Å². The third-order valence-electron chi connectivity index (χ3n) is 6.99. The molecule has 3 saturated heterocycles. The van der Waals surface area contributed by atoms with E-state index >= 15 is 0 Å². The van der Waals surface area contributed by atoms with Crippen molar-refractivity contribution in [3.63, 3.8) is 0 Å². The number of benzene rings is 1. The SMILES string of the molecule is O=C(c1ccc(OCCCCCN2CCCC2)cc1)N1CCC[C@H]1CN1CCCC1. The van der Waals surface area contributed by atoms with Gasteiger partial charge in [-0.2, -0.15) is 0 Å². The first-order chi connectivity index (χ1) is 14.8. The van der Waals surface area contributed by atoms with E-state index in [0.29, 0.717) is 6.04 Å². The fourth-order valence-corrected chi connectivity index (χ4v) is 5.23. The molecule has 3 fully saturated rings. The molecule has 166 valence electrons. The number of carbonyl (C=O) groups is 1. The zero-order valence-corrected chi connectivity index (χ0v) is 18.6. The molecule has 0 unspecified atom stereocenters. The Labute approximate surface area is 182 Å². The van der Waals surface area contributed by atoms with E-state index < -0.39 is 0 Å². The molecular formula is C25H39N3O2. The normalized spacial score (nSPS) is 22.8. The third kappa shape index (κ3) is 5.98. The van der Waals surface area contributed by atoms with Gasteiger partial charge in [0.25, 0.3) is 5.91 Å². The lowest BCUT2D eigenvalue weighted by Crippen LogP contribution is -2.42. The second kappa shape index (κ2) is 11.1. The monoisotopic (exact) mass is 413 g/mol. The van der Waals surface area contributed by atoms with Crippen LogP contribution in [-0.2, 0) is 0 Å². The smallest absolute Gasteiger partial charge is 0.254 e. The largest absolute Gasteiger partial charge is 0.494 e. The lowest BCUT2D eigenvalue weighted by atomic mass is 10.1. The second-order valence-electron chi connectivity index (χ2n) is 9.28. The molecule has 0 bridgehead atoms. The number of hydrogen-bond donors (Lipinski definition) is 0. The number of amides is 1. The minimum absolute atomic E-state index is 0.185. The molecule has 1 aromatic carbocycles. The van der Waals surface area contributed by atoms with Gasteiger partial charge < -0.3 is 19.4 Å². The highest BCUT2D eigenvalue weighted by Crippen LogP contribution is 2.23. The molecule has 1 amide bonds. The van der Waals surface area contributed by atoms with Gasteiger partial charge in [0.2, 0.25) is 0 Å². The Morgan fingerprint density at radius 3 is 2.27 bits per heavy atom. The number of rotatable bonds is 10. The Kier molecular flexibility index (Phi) is 8.04. The van der Waals surface area contributed by atoms with E-state index in [1.807, 2.05) is 24.3 Å². The first kappa shape index (κ1) is 21.6. The molecular weight excluding hydrogens is 374 g/mol. The molecule has 0 saturated carbocycles.